The van der Waals surface area contributed by atoms with Crippen molar-refractivity contribution in [2.45, 2.75) is 13.3 Å². The Labute approximate surface area is 158 Å². The lowest BCUT2D eigenvalue weighted by molar-refractivity contribution is 1.16. The number of hydrogen-bond donors (Lipinski definition) is 1. The quantitative estimate of drug-likeness (QED) is 0.463. The highest BCUT2D eigenvalue weighted by atomic mass is 35.5. The lowest BCUT2D eigenvalue weighted by Crippen LogP contribution is -1.91. The lowest BCUT2D eigenvalue weighted by atomic mass is 9.97. The molecule has 0 bridgehead atoms. The van der Waals surface area contributed by atoms with Gasteiger partial charge in [0, 0.05) is 33.9 Å². The van der Waals surface area contributed by atoms with Gasteiger partial charge in [0.15, 0.2) is 0 Å². The van der Waals surface area contributed by atoms with Gasteiger partial charge in [0.05, 0.1) is 0 Å². The van der Waals surface area contributed by atoms with Gasteiger partial charge in [-0.2, -0.15) is 0 Å². The Balaban J connectivity index is 1.73. The van der Waals surface area contributed by atoms with Crippen molar-refractivity contribution in [1.29, 1.82) is 0 Å². The third kappa shape index (κ3) is 3.16. The van der Waals surface area contributed by atoms with Gasteiger partial charge >= 0.3 is 0 Å². The van der Waals surface area contributed by atoms with E-state index in [-0.39, 0.29) is 0 Å². The molecule has 0 unspecified atom stereocenters. The summed E-state index contributed by atoms with van der Waals surface area (Å²) in [5, 5.41) is 1.79. The van der Waals surface area contributed by atoms with Crippen LogP contribution in [0.15, 0.2) is 73.6 Å². The summed E-state index contributed by atoms with van der Waals surface area (Å²) in [5.74, 6) is 0. The molecule has 0 aliphatic carbocycles. The van der Waals surface area contributed by atoms with E-state index in [1.165, 1.54) is 11.1 Å². The summed E-state index contributed by atoms with van der Waals surface area (Å²) in [4.78, 5) is 7.83. The molecule has 4 aromatic rings. The minimum Gasteiger partial charge on any atom is -0.346 e. The van der Waals surface area contributed by atoms with Crippen LogP contribution in [-0.4, -0.2) is 9.97 Å². The second kappa shape index (κ2) is 6.81. The van der Waals surface area contributed by atoms with Gasteiger partial charge in [-0.3, -0.25) is 0 Å². The van der Waals surface area contributed by atoms with Crippen LogP contribution in [0.2, 0.25) is 5.02 Å². The predicted octanol–water partition coefficient (Wildman–Crippen LogP) is 6.18. The minimum absolute atomic E-state index is 0.720. The Kier molecular flexibility index (Phi) is 4.36. The molecule has 0 amide bonds. The van der Waals surface area contributed by atoms with Crippen molar-refractivity contribution in [3.05, 3.63) is 106 Å². The van der Waals surface area contributed by atoms with Gasteiger partial charge in [-0.1, -0.05) is 60.6 Å². The van der Waals surface area contributed by atoms with Crippen molar-refractivity contribution in [3.8, 4) is 0 Å². The predicted molar refractivity (Wildman–Crippen MR) is 110 cm³/mol. The van der Waals surface area contributed by atoms with Crippen molar-refractivity contribution in [3.63, 3.8) is 0 Å². The van der Waals surface area contributed by atoms with Crippen LogP contribution in [0.25, 0.3) is 16.6 Å². The molecule has 0 saturated carbocycles. The first-order valence-electron chi connectivity index (χ1n) is 8.57. The smallest absolute Gasteiger partial charge is 0.137 e. The molecule has 2 nitrogen and oxygen atoms in total. The van der Waals surface area contributed by atoms with Gasteiger partial charge in [0.1, 0.15) is 5.65 Å². The van der Waals surface area contributed by atoms with E-state index in [9.17, 15) is 0 Å². The first kappa shape index (κ1) is 16.6. The van der Waals surface area contributed by atoms with Gasteiger partial charge < -0.3 is 4.98 Å². The number of benzene rings is 2. The summed E-state index contributed by atoms with van der Waals surface area (Å²) in [6.07, 6.45) is 4.74. The molecule has 0 atom stereocenters. The summed E-state index contributed by atoms with van der Waals surface area (Å²) in [7, 11) is 0. The highest BCUT2D eigenvalue weighted by Gasteiger charge is 2.13. The number of pyridine rings is 1. The molecule has 0 fully saturated rings. The molecule has 0 aliphatic rings. The Morgan fingerprint density at radius 2 is 1.85 bits per heavy atom. The molecule has 2 heterocycles. The standard InChI is InChI=1S/C23H19ClN2/c1-15-8-9-19(22(24)10-15)16(2)21-14-26-23-20(21)12-18(13-25-23)11-17-6-4-3-5-7-17/h3-10,12-14H,2,11H2,1H3,(H,25,26). The van der Waals surface area contributed by atoms with Gasteiger partial charge in [-0.25, -0.2) is 4.98 Å². The molecular weight excluding hydrogens is 340 g/mol. The van der Waals surface area contributed by atoms with Crippen LogP contribution < -0.4 is 0 Å². The number of halogens is 1. The normalized spacial score (nSPS) is 11.0. The van der Waals surface area contributed by atoms with E-state index in [4.69, 9.17) is 11.6 Å². The number of fused-ring (bicyclic) bond motifs is 1. The monoisotopic (exact) mass is 358 g/mol. The SMILES string of the molecule is C=C(c1ccc(C)cc1Cl)c1c[nH]c2ncc(Cc3ccccc3)cc12. The molecule has 3 heteroatoms. The second-order valence-electron chi connectivity index (χ2n) is 6.57. The fourth-order valence-electron chi connectivity index (χ4n) is 3.23. The van der Waals surface area contributed by atoms with Crippen molar-refractivity contribution >= 4 is 28.2 Å². The number of aromatic amines is 1. The molecular formula is C23H19ClN2. The average Bonchev–Trinajstić information content (AvgIpc) is 3.05. The minimum atomic E-state index is 0.720. The molecule has 0 saturated heterocycles. The largest absolute Gasteiger partial charge is 0.346 e. The molecule has 4 rings (SSSR count). The van der Waals surface area contributed by atoms with Crippen LogP contribution in [0, 0.1) is 6.92 Å². The maximum absolute atomic E-state index is 6.44. The third-order valence-electron chi connectivity index (χ3n) is 4.61. The summed E-state index contributed by atoms with van der Waals surface area (Å²) in [6, 6.07) is 18.7. The van der Waals surface area contributed by atoms with Crippen LogP contribution in [-0.2, 0) is 6.42 Å². The second-order valence-corrected chi connectivity index (χ2v) is 6.97. The van der Waals surface area contributed by atoms with Crippen LogP contribution in [0.4, 0.5) is 0 Å². The summed E-state index contributed by atoms with van der Waals surface area (Å²) in [5.41, 5.74) is 7.33. The maximum atomic E-state index is 6.44. The van der Waals surface area contributed by atoms with E-state index < -0.39 is 0 Å². The summed E-state index contributed by atoms with van der Waals surface area (Å²) >= 11 is 6.44. The van der Waals surface area contributed by atoms with E-state index in [1.54, 1.807) is 0 Å². The van der Waals surface area contributed by atoms with E-state index in [1.807, 2.05) is 37.5 Å². The van der Waals surface area contributed by atoms with Crippen molar-refractivity contribution < 1.29 is 0 Å². The van der Waals surface area contributed by atoms with E-state index in [0.29, 0.717) is 0 Å². The van der Waals surface area contributed by atoms with Gasteiger partial charge in [0.2, 0.25) is 0 Å². The number of nitrogens with zero attached hydrogens (tertiary/aromatic N) is 1. The topological polar surface area (TPSA) is 28.7 Å². The molecule has 2 aromatic heterocycles. The first-order chi connectivity index (χ1) is 12.6. The van der Waals surface area contributed by atoms with E-state index in [2.05, 4.69) is 52.9 Å². The molecule has 0 radical (unpaired) electrons. The van der Waals surface area contributed by atoms with Crippen LogP contribution in [0.1, 0.15) is 27.8 Å². The van der Waals surface area contributed by atoms with E-state index in [0.717, 1.165) is 44.7 Å². The zero-order valence-electron chi connectivity index (χ0n) is 14.6. The van der Waals surface area contributed by atoms with Crippen molar-refractivity contribution in [2.75, 3.05) is 0 Å². The Morgan fingerprint density at radius 3 is 2.62 bits per heavy atom. The number of nitrogens with one attached hydrogen (secondary N) is 1. The molecule has 1 N–H and O–H groups in total. The molecule has 26 heavy (non-hydrogen) atoms. The van der Waals surface area contributed by atoms with Crippen LogP contribution >= 0.6 is 11.6 Å². The Bertz CT molecular complexity index is 1090. The fourth-order valence-corrected chi connectivity index (χ4v) is 3.58. The lowest BCUT2D eigenvalue weighted by Gasteiger charge is -2.09. The molecule has 0 spiro atoms. The number of H-pyrrole nitrogens is 1. The average molecular weight is 359 g/mol. The number of hydrogen-bond acceptors (Lipinski definition) is 1. The number of aromatic nitrogens is 2. The van der Waals surface area contributed by atoms with Crippen LogP contribution in [0.5, 0.6) is 0 Å². The summed E-state index contributed by atoms with van der Waals surface area (Å²) < 4.78 is 0. The van der Waals surface area contributed by atoms with Crippen LogP contribution in [0.3, 0.4) is 0 Å². The highest BCUT2D eigenvalue weighted by Crippen LogP contribution is 2.33. The number of rotatable bonds is 4. The number of aryl methyl sites for hydroxylation is 1. The van der Waals surface area contributed by atoms with Gasteiger partial charge in [-0.05, 0) is 47.7 Å². The third-order valence-corrected chi connectivity index (χ3v) is 4.93. The zero-order valence-corrected chi connectivity index (χ0v) is 15.3. The fraction of sp³-hybridized carbons (Fsp3) is 0.0870. The Morgan fingerprint density at radius 1 is 1.04 bits per heavy atom. The van der Waals surface area contributed by atoms with Crippen molar-refractivity contribution in [2.24, 2.45) is 0 Å². The highest BCUT2D eigenvalue weighted by molar-refractivity contribution is 6.32. The van der Waals surface area contributed by atoms with Gasteiger partial charge in [0.25, 0.3) is 0 Å². The summed E-state index contributed by atoms with van der Waals surface area (Å²) in [6.45, 7) is 6.32. The van der Waals surface area contributed by atoms with Gasteiger partial charge in [-0.15, -0.1) is 0 Å². The molecule has 2 aromatic carbocycles. The first-order valence-corrected chi connectivity index (χ1v) is 8.95. The zero-order chi connectivity index (χ0) is 18.1. The molecule has 128 valence electrons. The Hall–Kier alpha value is -2.84. The maximum Gasteiger partial charge on any atom is 0.137 e. The molecule has 0 aliphatic heterocycles. The van der Waals surface area contributed by atoms with Crippen molar-refractivity contribution in [1.82, 2.24) is 9.97 Å². The van der Waals surface area contributed by atoms with E-state index >= 15 is 0 Å².